The zero-order chi connectivity index (χ0) is 9.15. The number of benzene rings is 1. The lowest BCUT2D eigenvalue weighted by molar-refractivity contribution is -0.191. The van der Waals surface area contributed by atoms with Gasteiger partial charge in [-0.05, 0) is 12.5 Å². The van der Waals surface area contributed by atoms with E-state index in [0.717, 1.165) is 13.0 Å². The Bertz CT molecular complexity index is 263. The van der Waals surface area contributed by atoms with Gasteiger partial charge in [0.25, 0.3) is 0 Å². The second kappa shape index (κ2) is 3.48. The molecule has 0 amide bonds. The second-order valence-corrected chi connectivity index (χ2v) is 3.52. The average molecular weight is 178 g/mol. The van der Waals surface area contributed by atoms with Gasteiger partial charge in [0.1, 0.15) is 6.79 Å². The second-order valence-electron chi connectivity index (χ2n) is 3.52. The maximum absolute atomic E-state index is 5.63. The topological polar surface area (TPSA) is 18.5 Å². The minimum absolute atomic E-state index is 0.153. The Morgan fingerprint density at radius 3 is 2.62 bits per heavy atom. The van der Waals surface area contributed by atoms with Crippen LogP contribution in [0, 0.1) is 0 Å². The van der Waals surface area contributed by atoms with Gasteiger partial charge in [-0.3, -0.25) is 0 Å². The van der Waals surface area contributed by atoms with Crippen molar-refractivity contribution < 1.29 is 9.47 Å². The maximum atomic E-state index is 5.63. The molecular weight excluding hydrogens is 164 g/mol. The van der Waals surface area contributed by atoms with Crippen molar-refractivity contribution in [3.8, 4) is 0 Å². The summed E-state index contributed by atoms with van der Waals surface area (Å²) < 4.78 is 10.8. The molecule has 13 heavy (non-hydrogen) atoms. The Balaban J connectivity index is 2.23. The molecule has 0 radical (unpaired) electrons. The normalized spacial score (nSPS) is 28.7. The van der Waals surface area contributed by atoms with Crippen molar-refractivity contribution >= 4 is 0 Å². The highest BCUT2D eigenvalue weighted by Crippen LogP contribution is 2.31. The third kappa shape index (κ3) is 1.74. The average Bonchev–Trinajstić information content (AvgIpc) is 2.20. The van der Waals surface area contributed by atoms with Gasteiger partial charge in [-0.25, -0.2) is 0 Å². The lowest BCUT2D eigenvalue weighted by Gasteiger charge is -2.34. The fourth-order valence-corrected chi connectivity index (χ4v) is 1.59. The Morgan fingerprint density at radius 1 is 1.23 bits per heavy atom. The van der Waals surface area contributed by atoms with Crippen molar-refractivity contribution in [3.05, 3.63) is 35.9 Å². The highest BCUT2D eigenvalue weighted by atomic mass is 16.7. The van der Waals surface area contributed by atoms with E-state index in [4.69, 9.17) is 9.47 Å². The first-order valence-corrected chi connectivity index (χ1v) is 4.58. The highest BCUT2D eigenvalue weighted by Gasteiger charge is 2.29. The van der Waals surface area contributed by atoms with E-state index in [1.807, 2.05) is 18.2 Å². The Kier molecular flexibility index (Phi) is 2.34. The smallest absolute Gasteiger partial charge is 0.147 e. The molecule has 2 nitrogen and oxygen atoms in total. The van der Waals surface area contributed by atoms with Crippen molar-refractivity contribution in [3.63, 3.8) is 0 Å². The molecule has 0 N–H and O–H groups in total. The summed E-state index contributed by atoms with van der Waals surface area (Å²) in [6.45, 7) is 3.31. The third-order valence-corrected chi connectivity index (χ3v) is 2.57. The molecule has 0 aromatic heterocycles. The van der Waals surface area contributed by atoms with Gasteiger partial charge >= 0.3 is 0 Å². The fraction of sp³-hybridized carbons (Fsp3) is 0.455. The summed E-state index contributed by atoms with van der Waals surface area (Å²) in [7, 11) is 0. The van der Waals surface area contributed by atoms with E-state index in [9.17, 15) is 0 Å². The summed E-state index contributed by atoms with van der Waals surface area (Å²) in [5.41, 5.74) is 1.08. The fourth-order valence-electron chi connectivity index (χ4n) is 1.59. The number of hydrogen-bond donors (Lipinski definition) is 0. The van der Waals surface area contributed by atoms with Crippen LogP contribution in [0.25, 0.3) is 0 Å². The molecule has 1 aromatic rings. The number of ether oxygens (including phenoxy) is 2. The van der Waals surface area contributed by atoms with Crippen LogP contribution >= 0.6 is 0 Å². The van der Waals surface area contributed by atoms with E-state index in [2.05, 4.69) is 19.1 Å². The summed E-state index contributed by atoms with van der Waals surface area (Å²) in [6, 6.07) is 10.3. The Labute approximate surface area is 78.5 Å². The third-order valence-electron chi connectivity index (χ3n) is 2.57. The molecule has 0 bridgehead atoms. The largest absolute Gasteiger partial charge is 0.355 e. The van der Waals surface area contributed by atoms with Crippen LogP contribution in [0.4, 0.5) is 0 Å². The molecule has 1 heterocycles. The van der Waals surface area contributed by atoms with Gasteiger partial charge < -0.3 is 9.47 Å². The van der Waals surface area contributed by atoms with E-state index in [0.29, 0.717) is 6.79 Å². The summed E-state index contributed by atoms with van der Waals surface area (Å²) in [5, 5.41) is 0. The SMILES string of the molecule is CC1(c2ccccc2)CCOCO1. The highest BCUT2D eigenvalue weighted by molar-refractivity contribution is 5.21. The summed E-state index contributed by atoms with van der Waals surface area (Å²) in [4.78, 5) is 0. The predicted molar refractivity (Wildman–Crippen MR) is 50.3 cm³/mol. The maximum Gasteiger partial charge on any atom is 0.147 e. The monoisotopic (exact) mass is 178 g/mol. The number of hydrogen-bond acceptors (Lipinski definition) is 2. The first-order chi connectivity index (χ1) is 6.31. The molecule has 0 saturated carbocycles. The van der Waals surface area contributed by atoms with Gasteiger partial charge in [-0.15, -0.1) is 0 Å². The van der Waals surface area contributed by atoms with Crippen LogP contribution < -0.4 is 0 Å². The van der Waals surface area contributed by atoms with Gasteiger partial charge in [0, 0.05) is 6.42 Å². The van der Waals surface area contributed by atoms with Crippen LogP contribution in [0.1, 0.15) is 18.9 Å². The molecule has 2 rings (SSSR count). The van der Waals surface area contributed by atoms with E-state index in [1.165, 1.54) is 5.56 Å². The van der Waals surface area contributed by atoms with Crippen molar-refractivity contribution in [2.75, 3.05) is 13.4 Å². The van der Waals surface area contributed by atoms with Crippen LogP contribution in [0.3, 0.4) is 0 Å². The standard InChI is InChI=1S/C11H14O2/c1-11(7-8-12-9-13-11)10-5-3-2-4-6-10/h2-6H,7-9H2,1H3. The zero-order valence-electron chi connectivity index (χ0n) is 7.82. The van der Waals surface area contributed by atoms with E-state index < -0.39 is 0 Å². The molecule has 1 aliphatic rings. The summed E-state index contributed by atoms with van der Waals surface area (Å²) in [6.07, 6.45) is 0.928. The predicted octanol–water partition coefficient (Wildman–Crippen LogP) is 2.30. The molecule has 0 aliphatic carbocycles. The van der Waals surface area contributed by atoms with Crippen molar-refractivity contribution in [2.45, 2.75) is 18.9 Å². The molecule has 1 unspecified atom stereocenters. The lowest BCUT2D eigenvalue weighted by Crippen LogP contribution is -2.33. The van der Waals surface area contributed by atoms with Crippen LogP contribution in [0.15, 0.2) is 30.3 Å². The first-order valence-electron chi connectivity index (χ1n) is 4.58. The van der Waals surface area contributed by atoms with Crippen LogP contribution in [-0.2, 0) is 15.1 Å². The van der Waals surface area contributed by atoms with Gasteiger partial charge in [0.15, 0.2) is 0 Å². The summed E-state index contributed by atoms with van der Waals surface area (Å²) in [5.74, 6) is 0. The molecule has 70 valence electrons. The first kappa shape index (κ1) is 8.73. The number of rotatable bonds is 1. The minimum atomic E-state index is -0.153. The Morgan fingerprint density at radius 2 is 2.00 bits per heavy atom. The summed E-state index contributed by atoms with van der Waals surface area (Å²) >= 11 is 0. The van der Waals surface area contributed by atoms with Crippen molar-refractivity contribution in [1.82, 2.24) is 0 Å². The quantitative estimate of drug-likeness (QED) is 0.657. The molecule has 2 heteroatoms. The van der Waals surface area contributed by atoms with Gasteiger partial charge in [-0.2, -0.15) is 0 Å². The molecule has 1 fully saturated rings. The molecule has 1 atom stereocenters. The van der Waals surface area contributed by atoms with Crippen molar-refractivity contribution in [2.24, 2.45) is 0 Å². The molecule has 1 saturated heterocycles. The van der Waals surface area contributed by atoms with E-state index >= 15 is 0 Å². The van der Waals surface area contributed by atoms with Gasteiger partial charge in [-0.1, -0.05) is 30.3 Å². The molecular formula is C11H14O2. The zero-order valence-corrected chi connectivity index (χ0v) is 7.82. The van der Waals surface area contributed by atoms with Crippen LogP contribution in [0.5, 0.6) is 0 Å². The van der Waals surface area contributed by atoms with E-state index in [1.54, 1.807) is 0 Å². The Hall–Kier alpha value is -0.860. The van der Waals surface area contributed by atoms with E-state index in [-0.39, 0.29) is 5.60 Å². The van der Waals surface area contributed by atoms with Crippen LogP contribution in [-0.4, -0.2) is 13.4 Å². The van der Waals surface area contributed by atoms with Crippen molar-refractivity contribution in [1.29, 1.82) is 0 Å². The molecule has 1 aromatic carbocycles. The van der Waals surface area contributed by atoms with Gasteiger partial charge in [0.05, 0.1) is 12.2 Å². The van der Waals surface area contributed by atoms with Crippen LogP contribution in [0.2, 0.25) is 0 Å². The molecule has 0 spiro atoms. The van der Waals surface area contributed by atoms with Gasteiger partial charge in [0.2, 0.25) is 0 Å². The molecule has 1 aliphatic heterocycles. The lowest BCUT2D eigenvalue weighted by atomic mass is 9.92. The minimum Gasteiger partial charge on any atom is -0.355 e.